The SMILES string of the molecule is C1=C\CCC/C=C/CCC/C=C/CCC/1. The predicted octanol–water partition coefficient (Wildman–Crippen LogP) is 5.18. The second kappa shape index (κ2) is 9.76. The smallest absolute Gasteiger partial charge is 0.0348 e. The van der Waals surface area contributed by atoms with Crippen molar-refractivity contribution in [1.29, 1.82) is 0 Å². The van der Waals surface area contributed by atoms with E-state index in [4.69, 9.17) is 0 Å². The van der Waals surface area contributed by atoms with E-state index < -0.39 is 0 Å². The Morgan fingerprint density at radius 2 is 0.533 bits per heavy atom. The first kappa shape index (κ1) is 12.3. The maximum atomic E-state index is 2.34. The molecule has 0 aromatic heterocycles. The third kappa shape index (κ3) is 8.23. The van der Waals surface area contributed by atoms with Crippen LogP contribution in [0.25, 0.3) is 0 Å². The quantitative estimate of drug-likeness (QED) is 0.477. The molecule has 1 rings (SSSR count). The molecule has 0 aromatic carbocycles. The Kier molecular flexibility index (Phi) is 8.00. The van der Waals surface area contributed by atoms with Crippen molar-refractivity contribution in [2.45, 2.75) is 57.8 Å². The molecular formula is C15H24. The fourth-order valence-electron chi connectivity index (χ4n) is 1.77. The van der Waals surface area contributed by atoms with Crippen molar-refractivity contribution in [3.05, 3.63) is 36.5 Å². The average molecular weight is 204 g/mol. The molecule has 0 amide bonds. The summed E-state index contributed by atoms with van der Waals surface area (Å²) in [6.45, 7) is 0. The minimum Gasteiger partial charge on any atom is -0.0885 e. The summed E-state index contributed by atoms with van der Waals surface area (Å²) in [5, 5.41) is 0. The molecule has 84 valence electrons. The van der Waals surface area contributed by atoms with Crippen LogP contribution in [0.5, 0.6) is 0 Å². The number of hydrogen-bond donors (Lipinski definition) is 0. The summed E-state index contributed by atoms with van der Waals surface area (Å²) < 4.78 is 0. The summed E-state index contributed by atoms with van der Waals surface area (Å²) >= 11 is 0. The first-order valence-corrected chi connectivity index (χ1v) is 6.45. The Morgan fingerprint density at radius 1 is 0.333 bits per heavy atom. The van der Waals surface area contributed by atoms with Crippen molar-refractivity contribution in [2.24, 2.45) is 0 Å². The van der Waals surface area contributed by atoms with Gasteiger partial charge < -0.3 is 0 Å². The highest BCUT2D eigenvalue weighted by atomic mass is 13.9. The van der Waals surface area contributed by atoms with Gasteiger partial charge in [0.15, 0.2) is 0 Å². The number of allylic oxidation sites excluding steroid dienone is 6. The molecule has 0 heterocycles. The Balaban J connectivity index is 2.23. The number of hydrogen-bond acceptors (Lipinski definition) is 0. The monoisotopic (exact) mass is 204 g/mol. The molecule has 1 aliphatic rings. The first-order valence-electron chi connectivity index (χ1n) is 6.45. The van der Waals surface area contributed by atoms with Crippen molar-refractivity contribution in [3.63, 3.8) is 0 Å². The van der Waals surface area contributed by atoms with Gasteiger partial charge in [0.2, 0.25) is 0 Å². The molecule has 0 spiro atoms. The van der Waals surface area contributed by atoms with Crippen molar-refractivity contribution < 1.29 is 0 Å². The molecule has 0 nitrogen and oxygen atoms in total. The lowest BCUT2D eigenvalue weighted by Gasteiger charge is -1.91. The second-order valence-corrected chi connectivity index (χ2v) is 4.21. The highest BCUT2D eigenvalue weighted by Crippen LogP contribution is 2.06. The van der Waals surface area contributed by atoms with Gasteiger partial charge in [-0.25, -0.2) is 0 Å². The Hall–Kier alpha value is -0.780. The Morgan fingerprint density at radius 3 is 0.733 bits per heavy atom. The summed E-state index contributed by atoms with van der Waals surface area (Å²) in [7, 11) is 0. The van der Waals surface area contributed by atoms with Crippen molar-refractivity contribution in [1.82, 2.24) is 0 Å². The average Bonchev–Trinajstić information content (AvgIpc) is 2.27. The van der Waals surface area contributed by atoms with E-state index >= 15 is 0 Å². The molecule has 0 saturated carbocycles. The van der Waals surface area contributed by atoms with Crippen LogP contribution in [0.3, 0.4) is 0 Å². The second-order valence-electron chi connectivity index (χ2n) is 4.21. The van der Waals surface area contributed by atoms with E-state index in [2.05, 4.69) is 36.5 Å². The van der Waals surface area contributed by atoms with Gasteiger partial charge in [-0.2, -0.15) is 0 Å². The highest BCUT2D eigenvalue weighted by molar-refractivity contribution is 4.89. The van der Waals surface area contributed by atoms with Crippen LogP contribution in [0.15, 0.2) is 36.5 Å². The third-order valence-electron chi connectivity index (χ3n) is 2.72. The van der Waals surface area contributed by atoms with Crippen LogP contribution in [0, 0.1) is 0 Å². The molecule has 0 heteroatoms. The van der Waals surface area contributed by atoms with Gasteiger partial charge >= 0.3 is 0 Å². The van der Waals surface area contributed by atoms with Gasteiger partial charge in [0.1, 0.15) is 0 Å². The first-order chi connectivity index (χ1) is 7.50. The van der Waals surface area contributed by atoms with Gasteiger partial charge in [0.05, 0.1) is 0 Å². The standard InChI is InChI=1S/C15H24/c1-2-4-6-8-10-12-14-15-13-11-9-7-5-3-1/h1-2,9-12H,3-8,13-15H2/b2-1-,11-9+,12-10+. The van der Waals surface area contributed by atoms with E-state index in [0.29, 0.717) is 0 Å². The molecule has 0 saturated heterocycles. The minimum atomic E-state index is 1.25. The summed E-state index contributed by atoms with van der Waals surface area (Å²) in [5.41, 5.74) is 0. The van der Waals surface area contributed by atoms with E-state index in [1.807, 2.05) is 0 Å². The zero-order valence-electron chi connectivity index (χ0n) is 9.83. The van der Waals surface area contributed by atoms with Crippen LogP contribution in [0.1, 0.15) is 57.8 Å². The predicted molar refractivity (Wildman–Crippen MR) is 69.0 cm³/mol. The molecule has 0 N–H and O–H groups in total. The number of rotatable bonds is 0. The largest absolute Gasteiger partial charge is 0.0885 e. The van der Waals surface area contributed by atoms with Gasteiger partial charge in [-0.3, -0.25) is 0 Å². The Labute approximate surface area is 94.8 Å². The molecule has 15 heavy (non-hydrogen) atoms. The minimum absolute atomic E-state index is 1.25. The summed E-state index contributed by atoms with van der Waals surface area (Å²) in [6.07, 6.45) is 25.5. The fraction of sp³-hybridized carbons (Fsp3) is 0.600. The van der Waals surface area contributed by atoms with Gasteiger partial charge in [0.25, 0.3) is 0 Å². The van der Waals surface area contributed by atoms with Crippen LogP contribution >= 0.6 is 0 Å². The summed E-state index contributed by atoms with van der Waals surface area (Å²) in [6, 6.07) is 0. The normalized spacial score (nSPS) is 27.2. The topological polar surface area (TPSA) is 0 Å². The lowest BCUT2D eigenvalue weighted by atomic mass is 10.2. The van der Waals surface area contributed by atoms with Gasteiger partial charge in [-0.1, -0.05) is 36.5 Å². The van der Waals surface area contributed by atoms with E-state index in [0.717, 1.165) is 0 Å². The molecular weight excluding hydrogens is 180 g/mol. The maximum Gasteiger partial charge on any atom is -0.0348 e. The third-order valence-corrected chi connectivity index (χ3v) is 2.72. The zero-order chi connectivity index (χ0) is 10.6. The van der Waals surface area contributed by atoms with Crippen LogP contribution in [0.4, 0.5) is 0 Å². The maximum absolute atomic E-state index is 2.34. The summed E-state index contributed by atoms with van der Waals surface area (Å²) in [4.78, 5) is 0. The van der Waals surface area contributed by atoms with Crippen LogP contribution in [-0.4, -0.2) is 0 Å². The molecule has 0 unspecified atom stereocenters. The molecule has 1 aliphatic carbocycles. The molecule has 0 atom stereocenters. The molecule has 0 bridgehead atoms. The van der Waals surface area contributed by atoms with E-state index in [1.54, 1.807) is 0 Å². The van der Waals surface area contributed by atoms with Crippen molar-refractivity contribution in [3.8, 4) is 0 Å². The van der Waals surface area contributed by atoms with E-state index in [-0.39, 0.29) is 0 Å². The van der Waals surface area contributed by atoms with Gasteiger partial charge in [-0.15, -0.1) is 0 Å². The van der Waals surface area contributed by atoms with Gasteiger partial charge in [-0.05, 0) is 57.8 Å². The highest BCUT2D eigenvalue weighted by Gasteiger charge is 1.85. The van der Waals surface area contributed by atoms with Crippen molar-refractivity contribution >= 4 is 0 Å². The summed E-state index contributed by atoms with van der Waals surface area (Å²) in [5.74, 6) is 0. The van der Waals surface area contributed by atoms with Crippen LogP contribution in [0.2, 0.25) is 0 Å². The van der Waals surface area contributed by atoms with E-state index in [9.17, 15) is 0 Å². The molecule has 0 radical (unpaired) electrons. The lowest BCUT2D eigenvalue weighted by molar-refractivity contribution is 0.840. The fourth-order valence-corrected chi connectivity index (χ4v) is 1.77. The van der Waals surface area contributed by atoms with Gasteiger partial charge in [0, 0.05) is 0 Å². The van der Waals surface area contributed by atoms with Crippen LogP contribution in [-0.2, 0) is 0 Å². The van der Waals surface area contributed by atoms with Crippen molar-refractivity contribution in [2.75, 3.05) is 0 Å². The van der Waals surface area contributed by atoms with E-state index in [1.165, 1.54) is 57.8 Å². The molecule has 0 fully saturated rings. The molecule has 0 aromatic rings. The lowest BCUT2D eigenvalue weighted by Crippen LogP contribution is -1.71. The zero-order valence-corrected chi connectivity index (χ0v) is 9.83. The van der Waals surface area contributed by atoms with Crippen LogP contribution < -0.4 is 0 Å². The molecule has 0 aliphatic heterocycles. The Bertz CT molecular complexity index is 152.